The van der Waals surface area contributed by atoms with Gasteiger partial charge in [-0.2, -0.15) is 5.10 Å². The van der Waals surface area contributed by atoms with E-state index in [4.69, 9.17) is 10.8 Å². The minimum atomic E-state index is -0.261. The third kappa shape index (κ3) is 4.97. The molecule has 0 radical (unpaired) electrons. The predicted molar refractivity (Wildman–Crippen MR) is 124 cm³/mol. The number of urea groups is 1. The zero-order valence-electron chi connectivity index (χ0n) is 19.3. The average molecular weight is 412 g/mol. The first-order chi connectivity index (χ1) is 14.0. The number of likely N-dealkylation sites (tertiary alicyclic amines) is 1. The van der Waals surface area contributed by atoms with Crippen LogP contribution < -0.4 is 11.1 Å². The largest absolute Gasteiger partial charge is 0.382 e. The molecule has 2 amide bonds. The standard InChI is InChI=1S/C24H37N5O/c1-23(2,3)20-19(21(25)29(27-20)24(4,5)6)26-22(30)28-14-12-18(13-15-28)16-17-10-8-7-9-11-17/h7-11,18H,12-16,25H2,1-6H3,(H,26,30). The molecule has 30 heavy (non-hydrogen) atoms. The molecule has 0 saturated carbocycles. The molecule has 1 aliphatic heterocycles. The number of carbonyl (C=O) groups excluding carboxylic acids is 1. The topological polar surface area (TPSA) is 76.2 Å². The van der Waals surface area contributed by atoms with Crippen molar-refractivity contribution in [2.75, 3.05) is 24.1 Å². The summed E-state index contributed by atoms with van der Waals surface area (Å²) < 4.78 is 1.81. The molecule has 1 aliphatic rings. The third-order valence-electron chi connectivity index (χ3n) is 5.77. The average Bonchev–Trinajstić information content (AvgIpc) is 3.00. The molecule has 2 heterocycles. The zero-order chi connectivity index (χ0) is 22.1. The van der Waals surface area contributed by atoms with Crippen molar-refractivity contribution in [3.63, 3.8) is 0 Å². The number of nitrogens with one attached hydrogen (secondary N) is 1. The molecular weight excluding hydrogens is 374 g/mol. The van der Waals surface area contributed by atoms with Crippen molar-refractivity contribution < 1.29 is 4.79 Å². The Labute approximate surface area is 180 Å². The monoisotopic (exact) mass is 411 g/mol. The summed E-state index contributed by atoms with van der Waals surface area (Å²) in [6, 6.07) is 10.5. The van der Waals surface area contributed by atoms with Gasteiger partial charge in [0.05, 0.1) is 11.2 Å². The van der Waals surface area contributed by atoms with E-state index in [0.29, 0.717) is 17.4 Å². The second kappa shape index (κ2) is 8.32. The van der Waals surface area contributed by atoms with E-state index in [9.17, 15) is 4.79 Å². The van der Waals surface area contributed by atoms with Crippen molar-refractivity contribution in [3.8, 4) is 0 Å². The maximum absolute atomic E-state index is 13.0. The van der Waals surface area contributed by atoms with Gasteiger partial charge in [-0.05, 0) is 51.5 Å². The van der Waals surface area contributed by atoms with Crippen LogP contribution in [0.4, 0.5) is 16.3 Å². The molecule has 0 bridgehead atoms. The molecule has 2 aromatic rings. The summed E-state index contributed by atoms with van der Waals surface area (Å²) in [6.07, 6.45) is 3.12. The second-order valence-corrected chi connectivity index (χ2v) is 10.5. The van der Waals surface area contributed by atoms with Gasteiger partial charge in [-0.25, -0.2) is 9.48 Å². The lowest BCUT2D eigenvalue weighted by Gasteiger charge is -2.32. The lowest BCUT2D eigenvalue weighted by atomic mass is 9.90. The molecule has 0 aliphatic carbocycles. The summed E-state index contributed by atoms with van der Waals surface area (Å²) in [5.41, 5.74) is 8.79. The van der Waals surface area contributed by atoms with Gasteiger partial charge < -0.3 is 16.0 Å². The third-order valence-corrected chi connectivity index (χ3v) is 5.77. The molecule has 0 unspecified atom stereocenters. The molecule has 164 valence electrons. The summed E-state index contributed by atoms with van der Waals surface area (Å²) in [7, 11) is 0. The molecule has 1 fully saturated rings. The van der Waals surface area contributed by atoms with E-state index in [2.05, 4.69) is 77.2 Å². The van der Waals surface area contributed by atoms with E-state index in [-0.39, 0.29) is 17.0 Å². The van der Waals surface area contributed by atoms with Crippen LogP contribution in [0.3, 0.4) is 0 Å². The van der Waals surface area contributed by atoms with Gasteiger partial charge in [0.1, 0.15) is 11.5 Å². The predicted octanol–water partition coefficient (Wildman–Crippen LogP) is 5.00. The fraction of sp³-hybridized carbons (Fsp3) is 0.583. The van der Waals surface area contributed by atoms with Crippen LogP contribution in [0.25, 0.3) is 0 Å². The van der Waals surface area contributed by atoms with E-state index in [1.807, 2.05) is 9.58 Å². The van der Waals surface area contributed by atoms with Crippen molar-refractivity contribution in [3.05, 3.63) is 41.6 Å². The minimum absolute atomic E-state index is 0.0844. The highest BCUT2D eigenvalue weighted by atomic mass is 16.2. The highest BCUT2D eigenvalue weighted by Crippen LogP contribution is 2.36. The number of aromatic nitrogens is 2. The molecule has 1 aromatic carbocycles. The first-order valence-corrected chi connectivity index (χ1v) is 11.0. The summed E-state index contributed by atoms with van der Waals surface area (Å²) in [4.78, 5) is 14.9. The Kier molecular flexibility index (Phi) is 6.16. The number of piperidine rings is 1. The Morgan fingerprint density at radius 2 is 1.70 bits per heavy atom. The van der Waals surface area contributed by atoms with E-state index < -0.39 is 0 Å². The lowest BCUT2D eigenvalue weighted by Crippen LogP contribution is -2.41. The maximum atomic E-state index is 13.0. The molecule has 0 spiro atoms. The van der Waals surface area contributed by atoms with Gasteiger partial charge in [0.25, 0.3) is 0 Å². The van der Waals surface area contributed by atoms with Crippen molar-refractivity contribution in [1.29, 1.82) is 0 Å². The van der Waals surface area contributed by atoms with Crippen molar-refractivity contribution in [1.82, 2.24) is 14.7 Å². The van der Waals surface area contributed by atoms with E-state index in [1.165, 1.54) is 5.56 Å². The Morgan fingerprint density at radius 3 is 2.23 bits per heavy atom. The number of carbonyl (C=O) groups is 1. The van der Waals surface area contributed by atoms with Crippen LogP contribution in [-0.2, 0) is 17.4 Å². The highest BCUT2D eigenvalue weighted by molar-refractivity contribution is 5.93. The SMILES string of the molecule is CC(C)(C)c1nn(C(C)(C)C)c(N)c1NC(=O)N1CCC(Cc2ccccc2)CC1. The Morgan fingerprint density at radius 1 is 1.10 bits per heavy atom. The van der Waals surface area contributed by atoms with Crippen LogP contribution >= 0.6 is 0 Å². The van der Waals surface area contributed by atoms with Gasteiger partial charge in [-0.1, -0.05) is 51.1 Å². The van der Waals surface area contributed by atoms with Gasteiger partial charge in [-0.15, -0.1) is 0 Å². The van der Waals surface area contributed by atoms with Crippen molar-refractivity contribution in [2.24, 2.45) is 5.92 Å². The van der Waals surface area contributed by atoms with E-state index >= 15 is 0 Å². The number of nitrogens with zero attached hydrogens (tertiary/aromatic N) is 3. The van der Waals surface area contributed by atoms with E-state index in [0.717, 1.165) is 38.0 Å². The summed E-state index contributed by atoms with van der Waals surface area (Å²) in [5.74, 6) is 1.13. The number of nitrogens with two attached hydrogens (primary N) is 1. The van der Waals surface area contributed by atoms with Gasteiger partial charge in [0.15, 0.2) is 0 Å². The summed E-state index contributed by atoms with van der Waals surface area (Å²) >= 11 is 0. The number of benzene rings is 1. The quantitative estimate of drug-likeness (QED) is 0.746. The fourth-order valence-electron chi connectivity index (χ4n) is 4.06. The molecule has 1 saturated heterocycles. The number of rotatable bonds is 3. The van der Waals surface area contributed by atoms with Gasteiger partial charge >= 0.3 is 6.03 Å². The number of hydrogen-bond acceptors (Lipinski definition) is 3. The molecule has 0 atom stereocenters. The Balaban J connectivity index is 1.69. The van der Waals surface area contributed by atoms with Crippen LogP contribution in [0.5, 0.6) is 0 Å². The van der Waals surface area contributed by atoms with Crippen molar-refractivity contribution >= 4 is 17.5 Å². The summed E-state index contributed by atoms with van der Waals surface area (Å²) in [5, 5.41) is 7.86. The molecule has 6 nitrogen and oxygen atoms in total. The van der Waals surface area contributed by atoms with Crippen LogP contribution in [0.15, 0.2) is 30.3 Å². The zero-order valence-corrected chi connectivity index (χ0v) is 19.3. The normalized spacial score (nSPS) is 16.0. The molecule has 1 aromatic heterocycles. The highest BCUT2D eigenvalue weighted by Gasteiger charge is 2.32. The number of nitrogen functional groups attached to an aromatic ring is 1. The van der Waals surface area contributed by atoms with Gasteiger partial charge in [-0.3, -0.25) is 0 Å². The van der Waals surface area contributed by atoms with E-state index in [1.54, 1.807) is 0 Å². The minimum Gasteiger partial charge on any atom is -0.382 e. The van der Waals surface area contributed by atoms with Crippen LogP contribution in [0.1, 0.15) is 65.6 Å². The molecular formula is C24H37N5O. The number of amides is 2. The first-order valence-electron chi connectivity index (χ1n) is 11.0. The Hall–Kier alpha value is -2.50. The lowest BCUT2D eigenvalue weighted by molar-refractivity contribution is 0.182. The second-order valence-electron chi connectivity index (χ2n) is 10.5. The number of anilines is 2. The van der Waals surface area contributed by atoms with Gasteiger partial charge in [0, 0.05) is 18.5 Å². The fourth-order valence-corrected chi connectivity index (χ4v) is 4.06. The first kappa shape index (κ1) is 22.2. The van der Waals surface area contributed by atoms with Crippen molar-refractivity contribution in [2.45, 2.75) is 71.8 Å². The van der Waals surface area contributed by atoms with Gasteiger partial charge in [0.2, 0.25) is 0 Å². The Bertz CT molecular complexity index is 865. The van der Waals surface area contributed by atoms with Crippen LogP contribution in [-0.4, -0.2) is 33.8 Å². The van der Waals surface area contributed by atoms with Crippen LogP contribution in [0, 0.1) is 5.92 Å². The molecule has 6 heteroatoms. The molecule has 3 N–H and O–H groups in total. The van der Waals surface area contributed by atoms with Crippen LogP contribution in [0.2, 0.25) is 0 Å². The maximum Gasteiger partial charge on any atom is 0.321 e. The molecule has 3 rings (SSSR count). The smallest absolute Gasteiger partial charge is 0.321 e. The number of hydrogen-bond donors (Lipinski definition) is 2. The summed E-state index contributed by atoms with van der Waals surface area (Å²) in [6.45, 7) is 14.0.